The van der Waals surface area contributed by atoms with Crippen molar-refractivity contribution in [1.29, 1.82) is 0 Å². The number of thiazole rings is 1. The summed E-state index contributed by atoms with van der Waals surface area (Å²) in [6.07, 6.45) is 0.172. The highest BCUT2D eigenvalue weighted by Gasteiger charge is 2.47. The number of nitrogens with zero attached hydrogens (tertiary/aromatic N) is 8. The second kappa shape index (κ2) is 22.6. The Balaban J connectivity index is 1.14. The van der Waals surface area contributed by atoms with Crippen LogP contribution in [0.15, 0.2) is 54.1 Å². The van der Waals surface area contributed by atoms with Gasteiger partial charge in [0.15, 0.2) is 0 Å². The molecule has 6 bridgehead atoms. The van der Waals surface area contributed by atoms with Gasteiger partial charge in [0.1, 0.15) is 24.2 Å². The lowest BCUT2D eigenvalue weighted by Crippen LogP contribution is -2.66. The standard InChI is InChI=1S/C54H71F3N10O8S/c1-32(2)46(63(9)51(72)64-27-41-42(28-64)74-23-22-65(41)44(68)15-12-20-62(7)8)48(69)60-38-25-43-59-39(29-76-43)34-16-17-40-36(24-34)37(26-52(4,5)31-75-50(71)53(6)18-13-21-67(61-53)49(38)70)47(66(40)30-54(55,56)57)35-14-11-19-58-45(35)33(3)73-10/h11-12,14-17,19,24,29,32-33,38,41-42,46,61H,13,18,20-23,25-28,30-31H2,1-10H3,(H,60,69)/b15-12+/t33-,38-,41+,42-,46-,53+/m0/s1. The van der Waals surface area contributed by atoms with Crippen LogP contribution < -0.4 is 10.7 Å². The molecule has 1 aromatic carbocycles. The van der Waals surface area contributed by atoms with Crippen molar-refractivity contribution >= 4 is 52.0 Å². The van der Waals surface area contributed by atoms with Gasteiger partial charge in [-0.3, -0.25) is 24.4 Å². The van der Waals surface area contributed by atoms with E-state index in [-0.39, 0.29) is 51.0 Å². The van der Waals surface area contributed by atoms with Gasteiger partial charge in [-0.25, -0.2) is 20.0 Å². The van der Waals surface area contributed by atoms with E-state index in [1.54, 1.807) is 73.3 Å². The average Bonchev–Trinajstić information content (AvgIpc) is 4.15. The molecule has 4 aliphatic rings. The lowest BCUT2D eigenvalue weighted by molar-refractivity contribution is -0.162. The number of carbonyl (C=O) groups excluding carboxylic acids is 5. The fourth-order valence-electron chi connectivity index (χ4n) is 10.9. The smallest absolute Gasteiger partial charge is 0.406 e. The molecule has 5 amide bonds. The number of hydrogen-bond donors (Lipinski definition) is 2. The number of hydrogen-bond acceptors (Lipinski definition) is 13. The summed E-state index contributed by atoms with van der Waals surface area (Å²) in [5.41, 5.74) is 4.21. The first-order valence-electron chi connectivity index (χ1n) is 25.8. The van der Waals surface area contributed by atoms with E-state index in [0.717, 1.165) is 0 Å². The third-order valence-electron chi connectivity index (χ3n) is 14.8. The number of esters is 1. The van der Waals surface area contributed by atoms with Crippen molar-refractivity contribution < 1.29 is 51.4 Å². The Morgan fingerprint density at radius 3 is 2.55 bits per heavy atom. The van der Waals surface area contributed by atoms with E-state index >= 15 is 0 Å². The maximum absolute atomic E-state index is 14.9. The number of benzene rings is 1. The fraction of sp³-hybridized carbons (Fsp3) is 0.574. The SMILES string of the molecule is CO[C@@H](C)c1ncccc1-c1c2c3cc(ccc3n1CC(F)(F)F)-c1csc(n1)C[C@H](NC(=O)[C@H](C(C)C)N(C)C(=O)N1C[C@@H]3OCCN(C(=O)/C=C/CN(C)C)[C@@H]3C1)C(=O)N1CCC[C@@](C)(N1)C(=O)OCC(C)(C)C2. The van der Waals surface area contributed by atoms with Crippen molar-refractivity contribution in [2.45, 2.75) is 116 Å². The number of cyclic esters (lactones) is 1. The fourth-order valence-corrected chi connectivity index (χ4v) is 11.8. The van der Waals surface area contributed by atoms with E-state index in [2.05, 4.69) is 15.7 Å². The summed E-state index contributed by atoms with van der Waals surface area (Å²) in [7, 11) is 6.88. The van der Waals surface area contributed by atoms with Gasteiger partial charge in [0.25, 0.3) is 5.91 Å². The molecule has 7 heterocycles. The molecule has 18 nitrogen and oxygen atoms in total. The Bertz CT molecular complexity index is 2850. The molecule has 0 spiro atoms. The molecule has 76 heavy (non-hydrogen) atoms. The van der Waals surface area contributed by atoms with Crippen LogP contribution in [-0.4, -0.2) is 179 Å². The first-order valence-corrected chi connectivity index (χ1v) is 26.7. The highest BCUT2D eigenvalue weighted by molar-refractivity contribution is 7.10. The van der Waals surface area contributed by atoms with Crippen LogP contribution >= 0.6 is 11.3 Å². The van der Waals surface area contributed by atoms with Crippen LogP contribution in [0.3, 0.4) is 0 Å². The van der Waals surface area contributed by atoms with Gasteiger partial charge in [-0.2, -0.15) is 13.2 Å². The topological polar surface area (TPSA) is 184 Å². The third kappa shape index (κ3) is 12.1. The number of amides is 5. The zero-order valence-corrected chi connectivity index (χ0v) is 45.8. The summed E-state index contributed by atoms with van der Waals surface area (Å²) in [6, 6.07) is 5.53. The number of nitrogens with one attached hydrogen (secondary N) is 2. The van der Waals surface area contributed by atoms with Gasteiger partial charge in [0.2, 0.25) is 11.8 Å². The molecule has 3 saturated heterocycles. The van der Waals surface area contributed by atoms with Gasteiger partial charge >= 0.3 is 18.2 Å². The van der Waals surface area contributed by atoms with Crippen LogP contribution in [0.1, 0.15) is 76.8 Å². The monoisotopic (exact) mass is 1080 g/mol. The molecule has 4 aromatic rings. The second-order valence-corrected chi connectivity index (χ2v) is 23.0. The second-order valence-electron chi connectivity index (χ2n) is 22.1. The van der Waals surface area contributed by atoms with Gasteiger partial charge in [-0.15, -0.1) is 11.3 Å². The number of urea groups is 1. The lowest BCUT2D eigenvalue weighted by Gasteiger charge is -2.41. The first-order chi connectivity index (χ1) is 35.9. The van der Waals surface area contributed by atoms with Gasteiger partial charge in [0.05, 0.1) is 60.1 Å². The van der Waals surface area contributed by atoms with Crippen LogP contribution in [0.2, 0.25) is 0 Å². The van der Waals surface area contributed by atoms with Crippen molar-refractivity contribution in [3.8, 4) is 22.5 Å². The predicted molar refractivity (Wildman–Crippen MR) is 281 cm³/mol. The number of fused-ring (bicyclic) bond motifs is 7. The van der Waals surface area contributed by atoms with Crippen LogP contribution in [0, 0.1) is 11.3 Å². The molecule has 22 heteroatoms. The molecule has 3 fully saturated rings. The highest BCUT2D eigenvalue weighted by Crippen LogP contribution is 2.43. The van der Waals surface area contributed by atoms with Gasteiger partial charge in [0, 0.05) is 91.9 Å². The van der Waals surface area contributed by atoms with Crippen molar-refractivity contribution in [1.82, 2.24) is 49.9 Å². The summed E-state index contributed by atoms with van der Waals surface area (Å²) >= 11 is 1.26. The predicted octanol–water partition coefficient (Wildman–Crippen LogP) is 6.24. The molecule has 0 saturated carbocycles. The Morgan fingerprint density at radius 2 is 1.84 bits per heavy atom. The Hall–Kier alpha value is -5.94. The van der Waals surface area contributed by atoms with Crippen LogP contribution in [0.5, 0.6) is 0 Å². The number of morpholine rings is 1. The maximum atomic E-state index is 14.9. The molecule has 0 unspecified atom stereocenters. The number of likely N-dealkylation sites (N-methyl/N-ethyl adjacent to an activating group) is 2. The van der Waals surface area contributed by atoms with Crippen molar-refractivity contribution in [2.75, 3.05) is 74.2 Å². The Labute approximate surface area is 445 Å². The molecular formula is C54H71F3N10O8S. The van der Waals surface area contributed by atoms with Crippen molar-refractivity contribution in [3.05, 3.63) is 70.3 Å². The molecule has 2 N–H and O–H groups in total. The quantitative estimate of drug-likeness (QED) is 0.128. The lowest BCUT2D eigenvalue weighted by atomic mass is 9.84. The largest absolute Gasteiger partial charge is 0.464 e. The van der Waals surface area contributed by atoms with Crippen LogP contribution in [0.4, 0.5) is 18.0 Å². The first kappa shape index (κ1) is 56.3. The zero-order chi connectivity index (χ0) is 55.0. The van der Waals surface area contributed by atoms with E-state index in [1.807, 2.05) is 58.1 Å². The van der Waals surface area contributed by atoms with Crippen LogP contribution in [0.25, 0.3) is 33.4 Å². The number of carbonyl (C=O) groups is 5. The van der Waals surface area contributed by atoms with Gasteiger partial charge in [-0.05, 0) is 83.0 Å². The van der Waals surface area contributed by atoms with Gasteiger partial charge in [-0.1, -0.05) is 39.8 Å². The summed E-state index contributed by atoms with van der Waals surface area (Å²) in [6.45, 7) is 11.3. The van der Waals surface area contributed by atoms with Crippen LogP contribution in [-0.2, 0) is 52.8 Å². The molecule has 412 valence electrons. The molecule has 8 rings (SSSR count). The number of aromatic nitrogens is 3. The molecule has 0 radical (unpaired) electrons. The third-order valence-corrected chi connectivity index (χ3v) is 15.7. The Kier molecular flexibility index (Phi) is 16.7. The number of methoxy groups -OCH3 is 1. The van der Waals surface area contributed by atoms with E-state index in [9.17, 15) is 37.1 Å². The number of likely N-dealkylation sites (tertiary alicyclic amines) is 1. The highest BCUT2D eigenvalue weighted by atomic mass is 32.1. The Morgan fingerprint density at radius 1 is 1.08 bits per heavy atom. The number of ether oxygens (including phenoxy) is 3. The number of hydrazine groups is 1. The van der Waals surface area contributed by atoms with E-state index in [1.165, 1.54) is 32.9 Å². The average molecular weight is 1080 g/mol. The summed E-state index contributed by atoms with van der Waals surface area (Å²) in [4.78, 5) is 87.9. The minimum atomic E-state index is -4.61. The van der Waals surface area contributed by atoms with Crippen molar-refractivity contribution in [2.24, 2.45) is 11.3 Å². The maximum Gasteiger partial charge on any atom is 0.406 e. The normalized spacial score (nSPS) is 23.2. The minimum Gasteiger partial charge on any atom is -0.464 e. The van der Waals surface area contributed by atoms with E-state index in [4.69, 9.17) is 19.2 Å². The zero-order valence-electron chi connectivity index (χ0n) is 45.0. The molecular weight excluding hydrogens is 1010 g/mol. The molecule has 4 aliphatic heterocycles. The summed E-state index contributed by atoms with van der Waals surface area (Å²) in [5, 5.41) is 7.15. The summed E-state index contributed by atoms with van der Waals surface area (Å²) in [5.74, 6) is -2.34. The molecule has 0 aliphatic carbocycles. The van der Waals surface area contributed by atoms with E-state index in [0.29, 0.717) is 82.2 Å². The number of pyridine rings is 1. The molecule has 3 aromatic heterocycles. The number of rotatable bonds is 11. The molecule has 6 atom stereocenters. The number of halogens is 3. The van der Waals surface area contributed by atoms with E-state index < -0.39 is 77.7 Å². The number of alkyl halides is 3. The van der Waals surface area contributed by atoms with Crippen molar-refractivity contribution in [3.63, 3.8) is 0 Å². The summed E-state index contributed by atoms with van der Waals surface area (Å²) < 4.78 is 63.4. The van der Waals surface area contributed by atoms with Gasteiger partial charge < -0.3 is 43.7 Å². The minimum absolute atomic E-state index is 0.0774.